The Kier molecular flexibility index (Phi) is 6.32. The number of benzene rings is 2. The van der Waals surface area contributed by atoms with Gasteiger partial charge in [0.2, 0.25) is 0 Å². The highest BCUT2D eigenvalue weighted by molar-refractivity contribution is 6.30. The highest BCUT2D eigenvalue weighted by Crippen LogP contribution is 2.25. The third-order valence-electron chi connectivity index (χ3n) is 4.82. The van der Waals surface area contributed by atoms with Gasteiger partial charge in [0.25, 0.3) is 0 Å². The Bertz CT molecular complexity index is 681. The number of hydrogen-bond donors (Lipinski definition) is 2. The number of rotatable bonds is 6. The van der Waals surface area contributed by atoms with Gasteiger partial charge in [-0.05, 0) is 30.2 Å². The number of hydrogen-bond acceptors (Lipinski definition) is 4. The average molecular weight is 361 g/mol. The van der Waals surface area contributed by atoms with Crippen molar-refractivity contribution in [3.8, 4) is 5.75 Å². The molecule has 25 heavy (non-hydrogen) atoms. The molecule has 0 amide bonds. The summed E-state index contributed by atoms with van der Waals surface area (Å²) in [5.74, 6) is 0.287. The van der Waals surface area contributed by atoms with Crippen LogP contribution in [-0.2, 0) is 13.1 Å². The van der Waals surface area contributed by atoms with Crippen molar-refractivity contribution in [1.29, 1.82) is 0 Å². The molecule has 0 bridgehead atoms. The second kappa shape index (κ2) is 8.68. The lowest BCUT2D eigenvalue weighted by molar-refractivity contribution is 0.0496. The predicted molar refractivity (Wildman–Crippen MR) is 101 cm³/mol. The Morgan fingerprint density at radius 3 is 2.60 bits per heavy atom. The number of aliphatic hydroxyl groups excluding tert-OH is 1. The number of phenols is 1. The molecule has 2 N–H and O–H groups in total. The van der Waals surface area contributed by atoms with Crippen LogP contribution >= 0.6 is 11.6 Å². The molecule has 0 unspecified atom stereocenters. The molecule has 0 aliphatic carbocycles. The van der Waals surface area contributed by atoms with E-state index >= 15 is 0 Å². The van der Waals surface area contributed by atoms with E-state index in [4.69, 9.17) is 11.6 Å². The number of piperazine rings is 1. The molecular formula is C20H25ClN2O2. The molecule has 2 aromatic carbocycles. The molecule has 1 atom stereocenters. The highest BCUT2D eigenvalue weighted by Gasteiger charge is 2.27. The quantitative estimate of drug-likeness (QED) is 0.831. The normalized spacial score (nSPS) is 19.2. The third kappa shape index (κ3) is 4.95. The number of nitrogens with zero attached hydrogens (tertiary/aromatic N) is 2. The van der Waals surface area contributed by atoms with Gasteiger partial charge in [-0.1, -0.05) is 41.9 Å². The molecule has 2 aromatic rings. The smallest absolute Gasteiger partial charge is 0.120 e. The first kappa shape index (κ1) is 18.2. The van der Waals surface area contributed by atoms with Crippen LogP contribution in [0.2, 0.25) is 5.02 Å². The van der Waals surface area contributed by atoms with Crippen molar-refractivity contribution in [3.63, 3.8) is 0 Å². The highest BCUT2D eigenvalue weighted by atomic mass is 35.5. The van der Waals surface area contributed by atoms with Crippen LogP contribution in [-0.4, -0.2) is 52.3 Å². The minimum atomic E-state index is 0.187. The van der Waals surface area contributed by atoms with Gasteiger partial charge in [0, 0.05) is 56.0 Å². The van der Waals surface area contributed by atoms with E-state index in [1.165, 1.54) is 5.56 Å². The molecule has 4 nitrogen and oxygen atoms in total. The Hall–Kier alpha value is -1.59. The first-order valence-electron chi connectivity index (χ1n) is 8.74. The van der Waals surface area contributed by atoms with E-state index < -0.39 is 0 Å². The molecule has 1 heterocycles. The van der Waals surface area contributed by atoms with Crippen LogP contribution in [0.4, 0.5) is 0 Å². The number of halogens is 1. The Balaban J connectivity index is 1.65. The van der Waals surface area contributed by atoms with Gasteiger partial charge in [-0.2, -0.15) is 0 Å². The third-order valence-corrected chi connectivity index (χ3v) is 5.05. The fourth-order valence-corrected chi connectivity index (χ4v) is 3.67. The first-order valence-corrected chi connectivity index (χ1v) is 9.12. The zero-order valence-corrected chi connectivity index (χ0v) is 15.1. The van der Waals surface area contributed by atoms with Crippen LogP contribution in [0.15, 0.2) is 48.5 Å². The summed E-state index contributed by atoms with van der Waals surface area (Å²) < 4.78 is 0. The van der Waals surface area contributed by atoms with Crippen molar-refractivity contribution in [2.75, 3.05) is 26.2 Å². The van der Waals surface area contributed by atoms with Crippen molar-refractivity contribution < 1.29 is 10.2 Å². The predicted octanol–water partition coefficient (Wildman–Crippen LogP) is 3.11. The lowest BCUT2D eigenvalue weighted by atomic mass is 10.1. The zero-order valence-electron chi connectivity index (χ0n) is 14.3. The maximum atomic E-state index is 10.0. The van der Waals surface area contributed by atoms with Crippen LogP contribution in [0, 0.1) is 0 Å². The summed E-state index contributed by atoms with van der Waals surface area (Å²) in [6, 6.07) is 15.9. The lowest BCUT2D eigenvalue weighted by Gasteiger charge is -2.41. The van der Waals surface area contributed by atoms with Gasteiger partial charge < -0.3 is 10.2 Å². The first-order chi connectivity index (χ1) is 12.2. The van der Waals surface area contributed by atoms with Gasteiger partial charge in [0.15, 0.2) is 0 Å². The van der Waals surface area contributed by atoms with Gasteiger partial charge in [-0.15, -0.1) is 0 Å². The Labute approximate surface area is 154 Å². The van der Waals surface area contributed by atoms with Gasteiger partial charge in [0.05, 0.1) is 0 Å². The molecule has 1 aliphatic heterocycles. The molecule has 1 aliphatic rings. The van der Waals surface area contributed by atoms with Gasteiger partial charge in [-0.3, -0.25) is 9.80 Å². The summed E-state index contributed by atoms with van der Waals surface area (Å²) in [6.07, 6.45) is 0.755. The Morgan fingerprint density at radius 2 is 1.84 bits per heavy atom. The lowest BCUT2D eigenvalue weighted by Crippen LogP contribution is -2.52. The molecule has 134 valence electrons. The second-order valence-electron chi connectivity index (χ2n) is 6.63. The molecule has 3 rings (SSSR count). The van der Waals surface area contributed by atoms with E-state index in [0.717, 1.165) is 38.2 Å². The summed E-state index contributed by atoms with van der Waals surface area (Å²) >= 11 is 6.06. The van der Waals surface area contributed by atoms with E-state index in [2.05, 4.69) is 34.1 Å². The summed E-state index contributed by atoms with van der Waals surface area (Å²) in [5, 5.41) is 20.1. The molecule has 5 heteroatoms. The minimum absolute atomic E-state index is 0.187. The van der Waals surface area contributed by atoms with Gasteiger partial charge >= 0.3 is 0 Å². The maximum Gasteiger partial charge on any atom is 0.120 e. The van der Waals surface area contributed by atoms with Crippen molar-refractivity contribution in [3.05, 3.63) is 64.7 Å². The SMILES string of the molecule is OCC[C@H]1CN(Cc2cc(Cl)ccc2O)CCN1Cc1ccccc1. The van der Waals surface area contributed by atoms with E-state index in [1.54, 1.807) is 12.1 Å². The number of aliphatic hydroxyl groups is 1. The van der Waals surface area contributed by atoms with Crippen molar-refractivity contribution in [2.24, 2.45) is 0 Å². The van der Waals surface area contributed by atoms with Crippen LogP contribution < -0.4 is 0 Å². The van der Waals surface area contributed by atoms with Gasteiger partial charge in [0.1, 0.15) is 5.75 Å². The van der Waals surface area contributed by atoms with Gasteiger partial charge in [-0.25, -0.2) is 0 Å². The van der Waals surface area contributed by atoms with Crippen LogP contribution in [0.5, 0.6) is 5.75 Å². The van der Waals surface area contributed by atoms with E-state index in [0.29, 0.717) is 17.6 Å². The van der Waals surface area contributed by atoms with Crippen molar-refractivity contribution in [2.45, 2.75) is 25.6 Å². The summed E-state index contributed by atoms with van der Waals surface area (Å²) in [4.78, 5) is 4.77. The van der Waals surface area contributed by atoms with E-state index in [1.807, 2.05) is 12.1 Å². The van der Waals surface area contributed by atoms with Crippen LogP contribution in [0.3, 0.4) is 0 Å². The fourth-order valence-electron chi connectivity index (χ4n) is 3.47. The van der Waals surface area contributed by atoms with Crippen molar-refractivity contribution >= 4 is 11.6 Å². The molecule has 0 radical (unpaired) electrons. The van der Waals surface area contributed by atoms with Crippen LogP contribution in [0.1, 0.15) is 17.5 Å². The number of phenolic OH excluding ortho intramolecular Hbond substituents is 1. The average Bonchev–Trinajstić information content (AvgIpc) is 2.61. The molecular weight excluding hydrogens is 336 g/mol. The summed E-state index contributed by atoms with van der Waals surface area (Å²) in [7, 11) is 0. The molecule has 1 fully saturated rings. The molecule has 0 spiro atoms. The standard InChI is InChI=1S/C20H25ClN2O2/c21-18-6-7-20(25)17(12-18)14-22-9-10-23(19(15-22)8-11-24)13-16-4-2-1-3-5-16/h1-7,12,19,24-25H,8-11,13-15H2/t19-/m0/s1. The van der Waals surface area contributed by atoms with E-state index in [-0.39, 0.29) is 12.4 Å². The number of aromatic hydroxyl groups is 1. The largest absolute Gasteiger partial charge is 0.508 e. The Morgan fingerprint density at radius 1 is 1.04 bits per heavy atom. The summed E-state index contributed by atoms with van der Waals surface area (Å²) in [6.45, 7) is 4.52. The second-order valence-corrected chi connectivity index (χ2v) is 7.07. The summed E-state index contributed by atoms with van der Waals surface area (Å²) in [5.41, 5.74) is 2.15. The van der Waals surface area contributed by atoms with Crippen molar-refractivity contribution in [1.82, 2.24) is 9.80 Å². The molecule has 1 saturated heterocycles. The zero-order chi connectivity index (χ0) is 17.6. The van der Waals surface area contributed by atoms with Crippen LogP contribution in [0.25, 0.3) is 0 Å². The fraction of sp³-hybridized carbons (Fsp3) is 0.400. The molecule has 0 saturated carbocycles. The van der Waals surface area contributed by atoms with E-state index in [9.17, 15) is 10.2 Å². The minimum Gasteiger partial charge on any atom is -0.508 e. The monoisotopic (exact) mass is 360 g/mol. The maximum absolute atomic E-state index is 10.0. The molecule has 0 aromatic heterocycles. The topological polar surface area (TPSA) is 46.9 Å².